The van der Waals surface area contributed by atoms with Crippen molar-refractivity contribution < 1.29 is 9.47 Å². The lowest BCUT2D eigenvalue weighted by molar-refractivity contribution is 0.0389. The second-order valence-corrected chi connectivity index (χ2v) is 16.6. The molecule has 6 rings (SSSR count). The van der Waals surface area contributed by atoms with Crippen LogP contribution in [-0.4, -0.2) is 83.6 Å². The van der Waals surface area contributed by atoms with Gasteiger partial charge in [0.05, 0.1) is 34.5 Å². The summed E-state index contributed by atoms with van der Waals surface area (Å²) in [6, 6.07) is 18.5. The first-order valence-electron chi connectivity index (χ1n) is 14.3. The molecule has 0 radical (unpaired) electrons. The fraction of sp³-hybridized carbons (Fsp3) is 0.500. The van der Waals surface area contributed by atoms with Crippen LogP contribution in [-0.2, 0) is 9.47 Å². The van der Waals surface area contributed by atoms with Crippen LogP contribution in [0.2, 0.25) is 13.1 Å². The molecule has 2 aromatic carbocycles. The summed E-state index contributed by atoms with van der Waals surface area (Å²) < 4.78 is 11.1. The quantitative estimate of drug-likeness (QED) is 0.430. The van der Waals surface area contributed by atoms with Crippen LogP contribution >= 0.6 is 0 Å². The molecular formula is C32H42N2O2Si. The highest BCUT2D eigenvalue weighted by Gasteiger charge is 2.44. The van der Waals surface area contributed by atoms with E-state index in [-0.39, 0.29) is 0 Å². The summed E-state index contributed by atoms with van der Waals surface area (Å²) >= 11 is 0. The molecule has 2 saturated heterocycles. The van der Waals surface area contributed by atoms with E-state index in [9.17, 15) is 0 Å². The molecule has 4 nitrogen and oxygen atoms in total. The van der Waals surface area contributed by atoms with E-state index in [4.69, 9.17) is 9.47 Å². The number of hydrogen-bond acceptors (Lipinski definition) is 4. The average Bonchev–Trinajstić information content (AvgIpc) is 3.52. The van der Waals surface area contributed by atoms with E-state index in [1.807, 2.05) is 0 Å². The summed E-state index contributed by atoms with van der Waals surface area (Å²) in [5.74, 6) is 0. The van der Waals surface area contributed by atoms with Gasteiger partial charge >= 0.3 is 0 Å². The van der Waals surface area contributed by atoms with Crippen molar-refractivity contribution in [2.24, 2.45) is 0 Å². The maximum absolute atomic E-state index is 5.57. The highest BCUT2D eigenvalue weighted by Crippen LogP contribution is 2.51. The monoisotopic (exact) mass is 514 g/mol. The van der Waals surface area contributed by atoms with E-state index in [0.717, 1.165) is 78.5 Å². The predicted molar refractivity (Wildman–Crippen MR) is 156 cm³/mol. The first-order chi connectivity index (χ1) is 18.1. The molecule has 2 atom stereocenters. The van der Waals surface area contributed by atoms with Crippen molar-refractivity contribution in [1.29, 1.82) is 0 Å². The van der Waals surface area contributed by atoms with Crippen LogP contribution in [0, 0.1) is 0 Å². The van der Waals surface area contributed by atoms with Gasteiger partial charge in [-0.05, 0) is 57.3 Å². The van der Waals surface area contributed by atoms with Gasteiger partial charge in [0, 0.05) is 39.3 Å². The van der Waals surface area contributed by atoms with E-state index in [1.165, 1.54) is 11.1 Å². The minimum Gasteiger partial charge on any atom is -0.379 e. The van der Waals surface area contributed by atoms with Crippen LogP contribution in [0.3, 0.4) is 0 Å². The molecular weight excluding hydrogens is 472 g/mol. The molecule has 2 aromatic rings. The van der Waals surface area contributed by atoms with Gasteiger partial charge in [-0.25, -0.2) is 0 Å². The van der Waals surface area contributed by atoms with Crippen molar-refractivity contribution in [2.45, 2.75) is 37.0 Å². The predicted octanol–water partition coefficient (Wildman–Crippen LogP) is 5.58. The van der Waals surface area contributed by atoms with Gasteiger partial charge in [0.1, 0.15) is 0 Å². The van der Waals surface area contributed by atoms with Crippen LogP contribution in [0.4, 0.5) is 0 Å². The van der Waals surface area contributed by atoms with E-state index >= 15 is 0 Å². The molecule has 2 fully saturated rings. The Kier molecular flexibility index (Phi) is 7.51. The van der Waals surface area contributed by atoms with Crippen molar-refractivity contribution in [3.8, 4) is 0 Å². The highest BCUT2D eigenvalue weighted by atomic mass is 28.3. The average molecular weight is 515 g/mol. The number of nitrogens with zero attached hydrogens (tertiary/aromatic N) is 2. The Labute approximate surface area is 224 Å². The van der Waals surface area contributed by atoms with Gasteiger partial charge in [-0.15, -0.1) is 0 Å². The smallest absolute Gasteiger partial charge is 0.0715 e. The molecule has 5 heteroatoms. The lowest BCUT2D eigenvalue weighted by atomic mass is 10.0. The molecule has 4 aliphatic rings. The number of allylic oxidation sites excluding steroid dienone is 2. The molecule has 2 aliphatic carbocycles. The van der Waals surface area contributed by atoms with Crippen LogP contribution in [0.15, 0.2) is 60.7 Å². The van der Waals surface area contributed by atoms with Crippen molar-refractivity contribution >= 4 is 19.2 Å². The second-order valence-electron chi connectivity index (χ2n) is 11.7. The molecule has 2 aliphatic heterocycles. The summed E-state index contributed by atoms with van der Waals surface area (Å²) in [6.07, 6.45) is 7.64. The minimum absolute atomic E-state index is 0.552. The fourth-order valence-corrected chi connectivity index (χ4v) is 10.7. The minimum atomic E-state index is -1.78. The Morgan fingerprint density at radius 1 is 0.649 bits per heavy atom. The molecule has 0 saturated carbocycles. The summed E-state index contributed by atoms with van der Waals surface area (Å²) in [5, 5.41) is 0. The maximum atomic E-state index is 5.57. The third-order valence-electron chi connectivity index (χ3n) is 9.22. The van der Waals surface area contributed by atoms with Crippen LogP contribution < -0.4 is 0 Å². The summed E-state index contributed by atoms with van der Waals surface area (Å²) in [4.78, 5) is 5.14. The Hall–Kier alpha value is -2.02. The topological polar surface area (TPSA) is 24.9 Å². The Balaban J connectivity index is 1.25. The summed E-state index contributed by atoms with van der Waals surface area (Å²) in [6.45, 7) is 15.3. The van der Waals surface area contributed by atoms with Crippen molar-refractivity contribution in [3.05, 3.63) is 82.9 Å². The van der Waals surface area contributed by atoms with Crippen LogP contribution in [0.1, 0.15) is 46.2 Å². The zero-order valence-corrected chi connectivity index (χ0v) is 23.6. The van der Waals surface area contributed by atoms with Crippen molar-refractivity contribution in [3.63, 3.8) is 0 Å². The highest BCUT2D eigenvalue weighted by molar-refractivity contribution is 6.81. The SMILES string of the molecule is C[Si](C)(C1C=C(CCN2CCOCC2)c2ccccc21)C1C=C(CCN2CCOCC2)c2ccccc21. The molecule has 2 heterocycles. The zero-order chi connectivity index (χ0) is 25.2. The number of rotatable bonds is 8. The van der Waals surface area contributed by atoms with Gasteiger partial charge in [0.25, 0.3) is 0 Å². The number of benzene rings is 2. The first-order valence-corrected chi connectivity index (χ1v) is 17.5. The van der Waals surface area contributed by atoms with E-state index in [1.54, 1.807) is 22.3 Å². The third kappa shape index (κ3) is 5.17. The molecule has 0 amide bonds. The molecule has 0 bridgehead atoms. The lowest BCUT2D eigenvalue weighted by Crippen LogP contribution is -2.40. The first kappa shape index (κ1) is 25.3. The van der Waals surface area contributed by atoms with Crippen molar-refractivity contribution in [1.82, 2.24) is 9.80 Å². The van der Waals surface area contributed by atoms with Gasteiger partial charge in [0.2, 0.25) is 0 Å². The van der Waals surface area contributed by atoms with E-state index in [2.05, 4.69) is 83.6 Å². The van der Waals surface area contributed by atoms with Gasteiger partial charge in [-0.3, -0.25) is 9.80 Å². The second kappa shape index (κ2) is 11.0. The largest absolute Gasteiger partial charge is 0.379 e. The lowest BCUT2D eigenvalue weighted by Gasteiger charge is -2.35. The zero-order valence-electron chi connectivity index (χ0n) is 22.6. The fourth-order valence-electron chi connectivity index (χ4n) is 6.95. The van der Waals surface area contributed by atoms with Gasteiger partial charge in [-0.1, -0.05) is 73.8 Å². The maximum Gasteiger partial charge on any atom is 0.0715 e. The molecule has 37 heavy (non-hydrogen) atoms. The standard InChI is InChI=1S/C32H42N2O2Si/c1-37(2,31-23-25(27-7-3-5-9-29(27)31)11-13-33-15-19-35-20-16-33)32-24-26(28-8-4-6-10-30(28)32)12-14-34-17-21-36-22-18-34/h3-10,23-24,31-32H,11-22H2,1-2H3. The van der Waals surface area contributed by atoms with E-state index in [0.29, 0.717) is 11.1 Å². The Morgan fingerprint density at radius 3 is 1.49 bits per heavy atom. The molecule has 2 unspecified atom stereocenters. The van der Waals surface area contributed by atoms with Crippen LogP contribution in [0.25, 0.3) is 11.1 Å². The Morgan fingerprint density at radius 2 is 1.05 bits per heavy atom. The van der Waals surface area contributed by atoms with E-state index < -0.39 is 8.07 Å². The number of morpholine rings is 2. The van der Waals surface area contributed by atoms with Crippen molar-refractivity contribution in [2.75, 3.05) is 65.7 Å². The molecule has 0 aromatic heterocycles. The number of ether oxygens (including phenoxy) is 2. The normalized spacial score (nSPS) is 24.5. The van der Waals surface area contributed by atoms with Crippen LogP contribution in [0.5, 0.6) is 0 Å². The molecule has 0 N–H and O–H groups in total. The summed E-state index contributed by atoms with van der Waals surface area (Å²) in [7, 11) is -1.78. The van der Waals surface area contributed by atoms with Gasteiger partial charge < -0.3 is 9.47 Å². The molecule has 0 spiro atoms. The molecule has 196 valence electrons. The van der Waals surface area contributed by atoms with Gasteiger partial charge in [-0.2, -0.15) is 0 Å². The summed E-state index contributed by atoms with van der Waals surface area (Å²) in [5.41, 5.74) is 10.4. The number of fused-ring (bicyclic) bond motifs is 2. The third-order valence-corrected chi connectivity index (χ3v) is 13.4. The number of hydrogen-bond donors (Lipinski definition) is 0. The Bertz CT molecular complexity index is 1070. The van der Waals surface area contributed by atoms with Gasteiger partial charge in [0.15, 0.2) is 0 Å².